The van der Waals surface area contributed by atoms with E-state index >= 15 is 0 Å². The number of rotatable bonds is 4. The van der Waals surface area contributed by atoms with Crippen LogP contribution in [0.2, 0.25) is 0 Å². The molecule has 0 aromatic heterocycles. The van der Waals surface area contributed by atoms with Crippen LogP contribution in [0.4, 0.5) is 0 Å². The minimum Gasteiger partial charge on any atom is -0.360 e. The third-order valence-corrected chi connectivity index (χ3v) is 1.26. The largest absolute Gasteiger partial charge is 0.360 e. The highest BCUT2D eigenvalue weighted by Crippen LogP contribution is 2.08. The fraction of sp³-hybridized carbons (Fsp3) is 1.00. The van der Waals surface area contributed by atoms with Crippen molar-refractivity contribution >= 4 is 11.6 Å². The van der Waals surface area contributed by atoms with Gasteiger partial charge in [-0.15, -0.1) is 0 Å². The molecule has 0 rings (SSSR count). The molecule has 0 spiro atoms. The van der Waals surface area contributed by atoms with Crippen molar-refractivity contribution in [2.24, 2.45) is 0 Å². The van der Waals surface area contributed by atoms with Crippen molar-refractivity contribution in [3.63, 3.8) is 0 Å². The van der Waals surface area contributed by atoms with Crippen LogP contribution in [0, 0.1) is 0 Å². The van der Waals surface area contributed by atoms with Crippen LogP contribution in [0.3, 0.4) is 0 Å². The maximum atomic E-state index is 5.75. The highest BCUT2D eigenvalue weighted by molar-refractivity contribution is 6.19. The standard InChI is InChI=1S/C7H15ClO/c1-4-5-7(8)9-6(2)3/h6-7H,4-5H2,1-3H3. The zero-order valence-electron chi connectivity index (χ0n) is 6.36. The average Bonchev–Trinajstić information content (AvgIpc) is 1.63. The van der Waals surface area contributed by atoms with Gasteiger partial charge in [0.25, 0.3) is 0 Å². The summed E-state index contributed by atoms with van der Waals surface area (Å²) in [5, 5.41) is 0. The molecule has 9 heavy (non-hydrogen) atoms. The molecular formula is C7H15ClO. The Morgan fingerprint density at radius 3 is 2.33 bits per heavy atom. The van der Waals surface area contributed by atoms with Gasteiger partial charge < -0.3 is 4.74 Å². The first kappa shape index (κ1) is 9.25. The predicted molar refractivity (Wildman–Crippen MR) is 40.8 cm³/mol. The molecular weight excluding hydrogens is 136 g/mol. The number of ether oxygens (including phenoxy) is 1. The summed E-state index contributed by atoms with van der Waals surface area (Å²) in [4.78, 5) is 0. The molecule has 0 aliphatic carbocycles. The van der Waals surface area contributed by atoms with Crippen molar-refractivity contribution in [3.8, 4) is 0 Å². The van der Waals surface area contributed by atoms with Crippen molar-refractivity contribution in [1.82, 2.24) is 0 Å². The Bertz CT molecular complexity index is 63.9. The lowest BCUT2D eigenvalue weighted by molar-refractivity contribution is 0.0503. The maximum absolute atomic E-state index is 5.75. The summed E-state index contributed by atoms with van der Waals surface area (Å²) in [7, 11) is 0. The van der Waals surface area contributed by atoms with Crippen molar-refractivity contribution < 1.29 is 4.74 Å². The van der Waals surface area contributed by atoms with Crippen LogP contribution in [0.5, 0.6) is 0 Å². The molecule has 0 saturated heterocycles. The first-order valence-electron chi connectivity index (χ1n) is 3.46. The molecule has 0 amide bonds. The van der Waals surface area contributed by atoms with Gasteiger partial charge in [-0.05, 0) is 20.3 Å². The predicted octanol–water partition coefficient (Wildman–Crippen LogP) is 2.78. The molecule has 0 aromatic carbocycles. The zero-order valence-corrected chi connectivity index (χ0v) is 7.11. The Balaban J connectivity index is 3.15. The van der Waals surface area contributed by atoms with E-state index in [0.717, 1.165) is 12.8 Å². The molecule has 0 N–H and O–H groups in total. The molecule has 1 unspecified atom stereocenters. The lowest BCUT2D eigenvalue weighted by Gasteiger charge is -2.12. The first-order valence-corrected chi connectivity index (χ1v) is 3.90. The smallest absolute Gasteiger partial charge is 0.131 e. The van der Waals surface area contributed by atoms with Crippen molar-refractivity contribution in [3.05, 3.63) is 0 Å². The molecule has 0 bridgehead atoms. The summed E-state index contributed by atoms with van der Waals surface area (Å²) < 4.78 is 5.26. The van der Waals surface area contributed by atoms with Crippen molar-refractivity contribution in [2.45, 2.75) is 45.3 Å². The Morgan fingerprint density at radius 1 is 1.44 bits per heavy atom. The highest BCUT2D eigenvalue weighted by atomic mass is 35.5. The summed E-state index contributed by atoms with van der Waals surface area (Å²) in [6.45, 7) is 6.08. The molecule has 0 heterocycles. The molecule has 0 radical (unpaired) electrons. The number of hydrogen-bond donors (Lipinski definition) is 0. The Kier molecular flexibility index (Phi) is 5.21. The highest BCUT2D eigenvalue weighted by Gasteiger charge is 2.03. The van der Waals surface area contributed by atoms with Crippen LogP contribution in [-0.2, 0) is 4.74 Å². The van der Waals surface area contributed by atoms with Gasteiger partial charge in [0.15, 0.2) is 0 Å². The maximum Gasteiger partial charge on any atom is 0.131 e. The molecule has 0 fully saturated rings. The van der Waals surface area contributed by atoms with E-state index in [0.29, 0.717) is 0 Å². The topological polar surface area (TPSA) is 9.23 Å². The van der Waals surface area contributed by atoms with Gasteiger partial charge in [0, 0.05) is 0 Å². The van der Waals surface area contributed by atoms with Crippen LogP contribution < -0.4 is 0 Å². The summed E-state index contributed by atoms with van der Waals surface area (Å²) in [6.07, 6.45) is 2.28. The van der Waals surface area contributed by atoms with E-state index in [2.05, 4.69) is 6.92 Å². The Morgan fingerprint density at radius 2 is 2.00 bits per heavy atom. The Labute approximate surface area is 62.3 Å². The second-order valence-corrected chi connectivity index (χ2v) is 2.87. The fourth-order valence-electron chi connectivity index (χ4n) is 0.590. The summed E-state index contributed by atoms with van der Waals surface area (Å²) in [5.74, 6) is 0. The van der Waals surface area contributed by atoms with Crippen LogP contribution in [0.1, 0.15) is 33.6 Å². The van der Waals surface area contributed by atoms with Gasteiger partial charge in [-0.25, -0.2) is 0 Å². The SMILES string of the molecule is CCCC(Cl)OC(C)C. The van der Waals surface area contributed by atoms with Gasteiger partial charge in [0.05, 0.1) is 6.10 Å². The van der Waals surface area contributed by atoms with E-state index in [1.807, 2.05) is 13.8 Å². The molecule has 56 valence electrons. The minimum absolute atomic E-state index is 0.0880. The van der Waals surface area contributed by atoms with E-state index in [9.17, 15) is 0 Å². The van der Waals surface area contributed by atoms with E-state index < -0.39 is 0 Å². The van der Waals surface area contributed by atoms with Crippen LogP contribution in [0.15, 0.2) is 0 Å². The van der Waals surface area contributed by atoms with Crippen LogP contribution >= 0.6 is 11.6 Å². The van der Waals surface area contributed by atoms with E-state index in [4.69, 9.17) is 16.3 Å². The second kappa shape index (κ2) is 5.07. The molecule has 1 atom stereocenters. The monoisotopic (exact) mass is 150 g/mol. The van der Waals surface area contributed by atoms with Gasteiger partial charge in [0.1, 0.15) is 5.56 Å². The molecule has 0 saturated carbocycles. The molecule has 0 aliphatic heterocycles. The minimum atomic E-state index is -0.0880. The third-order valence-electron chi connectivity index (χ3n) is 0.935. The van der Waals surface area contributed by atoms with Gasteiger partial charge in [-0.1, -0.05) is 24.9 Å². The molecule has 0 aromatic rings. The van der Waals surface area contributed by atoms with Gasteiger partial charge >= 0.3 is 0 Å². The summed E-state index contributed by atoms with van der Waals surface area (Å²) >= 11 is 5.75. The second-order valence-electron chi connectivity index (χ2n) is 2.38. The third kappa shape index (κ3) is 6.13. The molecule has 0 aliphatic rings. The van der Waals surface area contributed by atoms with Gasteiger partial charge in [-0.2, -0.15) is 0 Å². The van der Waals surface area contributed by atoms with E-state index in [1.165, 1.54) is 0 Å². The number of alkyl halides is 1. The fourth-order valence-corrected chi connectivity index (χ4v) is 1.01. The average molecular weight is 151 g/mol. The van der Waals surface area contributed by atoms with Gasteiger partial charge in [-0.3, -0.25) is 0 Å². The normalized spacial score (nSPS) is 14.3. The summed E-state index contributed by atoms with van der Waals surface area (Å²) in [5.41, 5.74) is -0.0880. The first-order chi connectivity index (χ1) is 4.16. The van der Waals surface area contributed by atoms with Crippen LogP contribution in [0.25, 0.3) is 0 Å². The molecule has 1 nitrogen and oxygen atoms in total. The van der Waals surface area contributed by atoms with Crippen LogP contribution in [-0.4, -0.2) is 11.7 Å². The van der Waals surface area contributed by atoms with Crippen molar-refractivity contribution in [1.29, 1.82) is 0 Å². The quantitative estimate of drug-likeness (QED) is 0.560. The lowest BCUT2D eigenvalue weighted by Crippen LogP contribution is -2.10. The van der Waals surface area contributed by atoms with E-state index in [-0.39, 0.29) is 11.7 Å². The number of hydrogen-bond acceptors (Lipinski definition) is 1. The number of halogens is 1. The Hall–Kier alpha value is 0.250. The van der Waals surface area contributed by atoms with Crippen molar-refractivity contribution in [2.75, 3.05) is 0 Å². The van der Waals surface area contributed by atoms with E-state index in [1.54, 1.807) is 0 Å². The zero-order chi connectivity index (χ0) is 7.28. The summed E-state index contributed by atoms with van der Waals surface area (Å²) in [6, 6.07) is 0. The molecule has 2 heteroatoms. The lowest BCUT2D eigenvalue weighted by atomic mass is 10.3. The van der Waals surface area contributed by atoms with Gasteiger partial charge in [0.2, 0.25) is 0 Å².